The standard InChI is InChI=1S/C20H24N2O2/c1-15-6-4-7-16(12-15)13-21-19-10-3-2-9-18(19)20(24)22-11-5-8-17(23)14-22/h2-4,6-7,9-10,12,17,21,23H,5,8,11,13-14H2,1H3. The summed E-state index contributed by atoms with van der Waals surface area (Å²) < 4.78 is 0. The molecule has 0 aliphatic carbocycles. The zero-order chi connectivity index (χ0) is 16.9. The molecule has 1 saturated heterocycles. The minimum atomic E-state index is -0.407. The highest BCUT2D eigenvalue weighted by Crippen LogP contribution is 2.21. The van der Waals surface area contributed by atoms with E-state index in [4.69, 9.17) is 0 Å². The van der Waals surface area contributed by atoms with Crippen molar-refractivity contribution in [1.29, 1.82) is 0 Å². The molecule has 2 N–H and O–H groups in total. The van der Waals surface area contributed by atoms with Crippen LogP contribution in [-0.4, -0.2) is 35.1 Å². The van der Waals surface area contributed by atoms with Crippen LogP contribution in [0.2, 0.25) is 0 Å². The Balaban J connectivity index is 1.74. The highest BCUT2D eigenvalue weighted by atomic mass is 16.3. The molecule has 4 heteroatoms. The van der Waals surface area contributed by atoms with Crippen molar-refractivity contribution < 1.29 is 9.90 Å². The number of hydrogen-bond acceptors (Lipinski definition) is 3. The molecular weight excluding hydrogens is 300 g/mol. The van der Waals surface area contributed by atoms with Gasteiger partial charge < -0.3 is 15.3 Å². The van der Waals surface area contributed by atoms with E-state index in [2.05, 4.69) is 30.4 Å². The molecule has 24 heavy (non-hydrogen) atoms. The van der Waals surface area contributed by atoms with Crippen LogP contribution in [0.1, 0.15) is 34.3 Å². The Morgan fingerprint density at radius 1 is 1.25 bits per heavy atom. The third-order valence-corrected chi connectivity index (χ3v) is 4.41. The molecule has 3 rings (SSSR count). The Morgan fingerprint density at radius 3 is 2.88 bits per heavy atom. The van der Waals surface area contributed by atoms with Gasteiger partial charge in [0.1, 0.15) is 0 Å². The summed E-state index contributed by atoms with van der Waals surface area (Å²) >= 11 is 0. The van der Waals surface area contributed by atoms with Crippen molar-refractivity contribution in [3.05, 3.63) is 65.2 Å². The Bertz CT molecular complexity index is 714. The van der Waals surface area contributed by atoms with Gasteiger partial charge in [-0.05, 0) is 37.5 Å². The summed E-state index contributed by atoms with van der Waals surface area (Å²) in [6.45, 7) is 3.88. The van der Waals surface area contributed by atoms with E-state index in [0.717, 1.165) is 18.5 Å². The minimum absolute atomic E-state index is 0.0129. The average Bonchev–Trinajstić information content (AvgIpc) is 2.60. The van der Waals surface area contributed by atoms with Gasteiger partial charge >= 0.3 is 0 Å². The summed E-state index contributed by atoms with van der Waals surface area (Å²) in [6.07, 6.45) is 1.22. The van der Waals surface area contributed by atoms with E-state index in [1.54, 1.807) is 4.90 Å². The Kier molecular flexibility index (Phi) is 5.16. The van der Waals surface area contributed by atoms with Gasteiger partial charge in [0.05, 0.1) is 11.7 Å². The van der Waals surface area contributed by atoms with Gasteiger partial charge in [-0.1, -0.05) is 42.0 Å². The molecule has 0 bridgehead atoms. The van der Waals surface area contributed by atoms with Crippen LogP contribution in [0.3, 0.4) is 0 Å². The number of anilines is 1. The van der Waals surface area contributed by atoms with Crippen LogP contribution < -0.4 is 5.32 Å². The quantitative estimate of drug-likeness (QED) is 0.908. The number of amides is 1. The third kappa shape index (κ3) is 3.95. The number of para-hydroxylation sites is 1. The first-order chi connectivity index (χ1) is 11.6. The largest absolute Gasteiger partial charge is 0.391 e. The molecule has 0 saturated carbocycles. The van der Waals surface area contributed by atoms with Gasteiger partial charge in [-0.3, -0.25) is 4.79 Å². The Morgan fingerprint density at radius 2 is 2.08 bits per heavy atom. The van der Waals surface area contributed by atoms with E-state index < -0.39 is 6.10 Å². The highest BCUT2D eigenvalue weighted by Gasteiger charge is 2.24. The van der Waals surface area contributed by atoms with Crippen molar-refractivity contribution in [1.82, 2.24) is 4.90 Å². The molecule has 0 radical (unpaired) electrons. The molecule has 1 amide bonds. The van der Waals surface area contributed by atoms with Gasteiger partial charge in [-0.25, -0.2) is 0 Å². The molecule has 4 nitrogen and oxygen atoms in total. The number of rotatable bonds is 4. The van der Waals surface area contributed by atoms with Crippen molar-refractivity contribution in [3.8, 4) is 0 Å². The van der Waals surface area contributed by atoms with E-state index in [9.17, 15) is 9.90 Å². The van der Waals surface area contributed by atoms with E-state index in [1.807, 2.05) is 30.3 Å². The van der Waals surface area contributed by atoms with Crippen molar-refractivity contribution in [2.45, 2.75) is 32.4 Å². The van der Waals surface area contributed by atoms with Crippen LogP contribution in [0.25, 0.3) is 0 Å². The van der Waals surface area contributed by atoms with E-state index in [-0.39, 0.29) is 5.91 Å². The maximum absolute atomic E-state index is 12.8. The number of likely N-dealkylation sites (tertiary alicyclic amines) is 1. The summed E-state index contributed by atoms with van der Waals surface area (Å²) in [4.78, 5) is 14.6. The summed E-state index contributed by atoms with van der Waals surface area (Å²) in [6, 6.07) is 15.9. The van der Waals surface area contributed by atoms with Crippen molar-refractivity contribution >= 4 is 11.6 Å². The van der Waals surface area contributed by atoms with E-state index in [0.29, 0.717) is 25.2 Å². The number of nitrogens with zero attached hydrogens (tertiary/aromatic N) is 1. The predicted molar refractivity (Wildman–Crippen MR) is 96.1 cm³/mol. The molecule has 0 spiro atoms. The van der Waals surface area contributed by atoms with Crippen molar-refractivity contribution in [2.24, 2.45) is 0 Å². The van der Waals surface area contributed by atoms with Crippen LogP contribution >= 0.6 is 0 Å². The first kappa shape index (κ1) is 16.5. The van der Waals surface area contributed by atoms with E-state index >= 15 is 0 Å². The van der Waals surface area contributed by atoms with Gasteiger partial charge in [0.15, 0.2) is 0 Å². The number of nitrogens with one attached hydrogen (secondary N) is 1. The minimum Gasteiger partial charge on any atom is -0.391 e. The zero-order valence-corrected chi connectivity index (χ0v) is 14.0. The monoisotopic (exact) mass is 324 g/mol. The average molecular weight is 324 g/mol. The number of carbonyl (C=O) groups excluding carboxylic acids is 1. The fourth-order valence-electron chi connectivity index (χ4n) is 3.15. The molecule has 1 aliphatic heterocycles. The topological polar surface area (TPSA) is 52.6 Å². The SMILES string of the molecule is Cc1cccc(CNc2ccccc2C(=O)N2CCCC(O)C2)c1. The van der Waals surface area contributed by atoms with E-state index in [1.165, 1.54) is 11.1 Å². The molecule has 0 aromatic heterocycles. The van der Waals surface area contributed by atoms with Crippen LogP contribution in [-0.2, 0) is 6.54 Å². The summed E-state index contributed by atoms with van der Waals surface area (Å²) in [5, 5.41) is 13.2. The molecule has 2 aromatic carbocycles. The lowest BCUT2D eigenvalue weighted by atomic mass is 10.1. The smallest absolute Gasteiger partial charge is 0.256 e. The third-order valence-electron chi connectivity index (χ3n) is 4.41. The second-order valence-corrected chi connectivity index (χ2v) is 6.44. The Hall–Kier alpha value is -2.33. The summed E-state index contributed by atoms with van der Waals surface area (Å²) in [7, 11) is 0. The fourth-order valence-corrected chi connectivity index (χ4v) is 3.15. The number of β-amino-alcohol motifs (C(OH)–C–C–N with tert-alkyl or cyclic N) is 1. The normalized spacial score (nSPS) is 17.6. The lowest BCUT2D eigenvalue weighted by Gasteiger charge is -2.30. The molecule has 1 heterocycles. The Labute approximate surface area is 143 Å². The number of hydrogen-bond donors (Lipinski definition) is 2. The van der Waals surface area contributed by atoms with Crippen LogP contribution in [0, 0.1) is 6.92 Å². The van der Waals surface area contributed by atoms with Gasteiger partial charge in [-0.2, -0.15) is 0 Å². The lowest BCUT2D eigenvalue weighted by Crippen LogP contribution is -2.42. The maximum atomic E-state index is 12.8. The molecule has 1 aliphatic rings. The molecule has 1 atom stereocenters. The number of aryl methyl sites for hydroxylation is 1. The number of carbonyl (C=O) groups is 1. The number of benzene rings is 2. The fraction of sp³-hybridized carbons (Fsp3) is 0.350. The summed E-state index contributed by atoms with van der Waals surface area (Å²) in [5.41, 5.74) is 3.91. The molecule has 1 unspecified atom stereocenters. The van der Waals surface area contributed by atoms with Gasteiger partial charge in [0.2, 0.25) is 0 Å². The second kappa shape index (κ2) is 7.49. The van der Waals surface area contributed by atoms with Crippen molar-refractivity contribution in [3.63, 3.8) is 0 Å². The number of piperidine rings is 1. The molecule has 2 aromatic rings. The molecule has 126 valence electrons. The lowest BCUT2D eigenvalue weighted by molar-refractivity contribution is 0.0474. The van der Waals surface area contributed by atoms with Gasteiger partial charge in [-0.15, -0.1) is 0 Å². The number of aliphatic hydroxyl groups is 1. The summed E-state index contributed by atoms with van der Waals surface area (Å²) in [5.74, 6) is -0.0129. The van der Waals surface area contributed by atoms with Gasteiger partial charge in [0.25, 0.3) is 5.91 Å². The highest BCUT2D eigenvalue weighted by molar-refractivity contribution is 5.99. The van der Waals surface area contributed by atoms with Crippen LogP contribution in [0.15, 0.2) is 48.5 Å². The first-order valence-electron chi connectivity index (χ1n) is 8.49. The zero-order valence-electron chi connectivity index (χ0n) is 14.0. The molecule has 1 fully saturated rings. The van der Waals surface area contributed by atoms with Gasteiger partial charge in [0, 0.05) is 25.3 Å². The van der Waals surface area contributed by atoms with Crippen LogP contribution in [0.4, 0.5) is 5.69 Å². The molecular formula is C20H24N2O2. The predicted octanol–water partition coefficient (Wildman–Crippen LogP) is 3.20. The van der Waals surface area contributed by atoms with Crippen LogP contribution in [0.5, 0.6) is 0 Å². The van der Waals surface area contributed by atoms with Crippen molar-refractivity contribution in [2.75, 3.05) is 18.4 Å². The first-order valence-corrected chi connectivity index (χ1v) is 8.49. The second-order valence-electron chi connectivity index (χ2n) is 6.44. The number of aliphatic hydroxyl groups excluding tert-OH is 1. The maximum Gasteiger partial charge on any atom is 0.256 e.